The molecular formula is C28H22ClN3OS. The maximum absolute atomic E-state index is 12.7. The Kier molecular flexibility index (Phi) is 7.32. The Morgan fingerprint density at radius 1 is 1.00 bits per heavy atom. The minimum Gasteiger partial charge on any atom is -0.325 e. The van der Waals surface area contributed by atoms with Gasteiger partial charge >= 0.3 is 0 Å². The van der Waals surface area contributed by atoms with Crippen molar-refractivity contribution in [3.8, 4) is 28.5 Å². The summed E-state index contributed by atoms with van der Waals surface area (Å²) in [5.74, 6) is -0.0813. The first-order valence-electron chi connectivity index (χ1n) is 10.7. The summed E-state index contributed by atoms with van der Waals surface area (Å²) in [5, 5.41) is 14.0. The first kappa shape index (κ1) is 23.6. The lowest BCUT2D eigenvalue weighted by Crippen LogP contribution is -2.15. The molecule has 0 atom stereocenters. The molecule has 1 aromatic heterocycles. The SMILES string of the molecule is Cc1ccc(-c2cc(-c3ccccc3)c(C#N)c(SCC(=O)Nc3cc(Cl)ccc3C)n2)cc1. The summed E-state index contributed by atoms with van der Waals surface area (Å²) in [6.45, 7) is 3.94. The Hall–Kier alpha value is -3.59. The Morgan fingerprint density at radius 2 is 1.74 bits per heavy atom. The van der Waals surface area contributed by atoms with Crippen molar-refractivity contribution < 1.29 is 4.79 Å². The number of rotatable bonds is 6. The summed E-state index contributed by atoms with van der Waals surface area (Å²) in [4.78, 5) is 17.5. The highest BCUT2D eigenvalue weighted by Gasteiger charge is 2.17. The fourth-order valence-electron chi connectivity index (χ4n) is 3.50. The number of benzene rings is 3. The van der Waals surface area contributed by atoms with Gasteiger partial charge in [0.25, 0.3) is 0 Å². The van der Waals surface area contributed by atoms with Crippen LogP contribution in [0, 0.1) is 25.2 Å². The minimum absolute atomic E-state index is 0.110. The van der Waals surface area contributed by atoms with Crippen LogP contribution >= 0.6 is 23.4 Å². The second-order valence-electron chi connectivity index (χ2n) is 7.88. The van der Waals surface area contributed by atoms with Crippen LogP contribution in [0.4, 0.5) is 5.69 Å². The van der Waals surface area contributed by atoms with Crippen LogP contribution in [0.3, 0.4) is 0 Å². The Morgan fingerprint density at radius 3 is 2.44 bits per heavy atom. The highest BCUT2D eigenvalue weighted by molar-refractivity contribution is 8.00. The van der Waals surface area contributed by atoms with Gasteiger partial charge in [-0.3, -0.25) is 4.79 Å². The molecule has 4 rings (SSSR count). The average Bonchev–Trinajstić information content (AvgIpc) is 2.85. The molecule has 0 fully saturated rings. The number of thioether (sulfide) groups is 1. The largest absolute Gasteiger partial charge is 0.325 e. The second kappa shape index (κ2) is 10.6. The lowest BCUT2D eigenvalue weighted by molar-refractivity contribution is -0.113. The van der Waals surface area contributed by atoms with Crippen LogP contribution < -0.4 is 5.32 Å². The molecule has 0 spiro atoms. The van der Waals surface area contributed by atoms with Crippen LogP contribution in [-0.4, -0.2) is 16.6 Å². The fraction of sp³-hybridized carbons (Fsp3) is 0.107. The number of nitriles is 1. The van der Waals surface area contributed by atoms with Gasteiger partial charge in [0.15, 0.2) is 0 Å². The van der Waals surface area contributed by atoms with Crippen molar-refractivity contribution in [1.82, 2.24) is 4.98 Å². The number of anilines is 1. The first-order chi connectivity index (χ1) is 16.4. The van der Waals surface area contributed by atoms with Gasteiger partial charge in [-0.05, 0) is 43.2 Å². The van der Waals surface area contributed by atoms with Crippen molar-refractivity contribution >= 4 is 35.0 Å². The number of hydrogen-bond donors (Lipinski definition) is 1. The molecule has 0 saturated carbocycles. The Balaban J connectivity index is 1.68. The molecular weight excluding hydrogens is 462 g/mol. The predicted molar refractivity (Wildman–Crippen MR) is 140 cm³/mol. The van der Waals surface area contributed by atoms with Gasteiger partial charge in [-0.1, -0.05) is 89.6 Å². The van der Waals surface area contributed by atoms with Gasteiger partial charge in [0.05, 0.1) is 17.0 Å². The number of nitrogens with zero attached hydrogens (tertiary/aromatic N) is 2. The second-order valence-corrected chi connectivity index (χ2v) is 9.28. The van der Waals surface area contributed by atoms with Gasteiger partial charge in [0.1, 0.15) is 11.1 Å². The van der Waals surface area contributed by atoms with E-state index in [4.69, 9.17) is 16.6 Å². The molecule has 6 heteroatoms. The van der Waals surface area contributed by atoms with E-state index in [1.807, 2.05) is 80.6 Å². The van der Waals surface area contributed by atoms with Crippen LogP contribution in [0.1, 0.15) is 16.7 Å². The maximum atomic E-state index is 12.7. The molecule has 0 aliphatic carbocycles. The number of nitrogens with one attached hydrogen (secondary N) is 1. The molecule has 1 heterocycles. The molecule has 1 N–H and O–H groups in total. The third-order valence-corrected chi connectivity index (χ3v) is 6.55. The zero-order chi connectivity index (χ0) is 24.1. The van der Waals surface area contributed by atoms with Gasteiger partial charge in [-0.25, -0.2) is 4.98 Å². The number of amides is 1. The molecule has 4 nitrogen and oxygen atoms in total. The monoisotopic (exact) mass is 483 g/mol. The summed E-state index contributed by atoms with van der Waals surface area (Å²) >= 11 is 7.32. The molecule has 4 aromatic rings. The van der Waals surface area contributed by atoms with E-state index in [1.54, 1.807) is 12.1 Å². The van der Waals surface area contributed by atoms with Gasteiger partial charge in [0, 0.05) is 21.8 Å². The number of hydrogen-bond acceptors (Lipinski definition) is 4. The number of carbonyl (C=O) groups excluding carboxylic acids is 1. The van der Waals surface area contributed by atoms with Gasteiger partial charge in [-0.15, -0.1) is 0 Å². The van der Waals surface area contributed by atoms with Crippen molar-refractivity contribution in [2.24, 2.45) is 0 Å². The van der Waals surface area contributed by atoms with Gasteiger partial charge in [-0.2, -0.15) is 5.26 Å². The van der Waals surface area contributed by atoms with Crippen molar-refractivity contribution in [3.63, 3.8) is 0 Å². The van der Waals surface area contributed by atoms with E-state index in [1.165, 1.54) is 11.8 Å². The lowest BCUT2D eigenvalue weighted by Gasteiger charge is -2.13. The highest BCUT2D eigenvalue weighted by Crippen LogP contribution is 2.34. The van der Waals surface area contributed by atoms with E-state index in [0.717, 1.165) is 33.5 Å². The summed E-state index contributed by atoms with van der Waals surface area (Å²) in [6.07, 6.45) is 0. The first-order valence-corrected chi connectivity index (χ1v) is 12.1. The van der Waals surface area contributed by atoms with E-state index < -0.39 is 0 Å². The van der Waals surface area contributed by atoms with Crippen LogP contribution in [0.2, 0.25) is 5.02 Å². The molecule has 0 radical (unpaired) electrons. The van der Waals surface area contributed by atoms with Gasteiger partial charge < -0.3 is 5.32 Å². The quantitative estimate of drug-likeness (QED) is 0.292. The normalized spacial score (nSPS) is 10.5. The Labute approximate surface area is 208 Å². The fourth-order valence-corrected chi connectivity index (χ4v) is 4.48. The lowest BCUT2D eigenvalue weighted by atomic mass is 9.99. The van der Waals surface area contributed by atoms with Gasteiger partial charge in [0.2, 0.25) is 5.91 Å². The van der Waals surface area contributed by atoms with Crippen molar-refractivity contribution in [2.75, 3.05) is 11.1 Å². The van der Waals surface area contributed by atoms with E-state index in [-0.39, 0.29) is 11.7 Å². The van der Waals surface area contributed by atoms with Crippen LogP contribution in [-0.2, 0) is 4.79 Å². The zero-order valence-electron chi connectivity index (χ0n) is 18.8. The molecule has 34 heavy (non-hydrogen) atoms. The van der Waals surface area contributed by atoms with Crippen molar-refractivity contribution in [1.29, 1.82) is 5.26 Å². The number of aromatic nitrogens is 1. The molecule has 0 aliphatic heterocycles. The molecule has 168 valence electrons. The molecule has 0 aliphatic rings. The summed E-state index contributed by atoms with van der Waals surface area (Å²) < 4.78 is 0. The van der Waals surface area contributed by atoms with Crippen LogP contribution in [0.15, 0.2) is 83.9 Å². The van der Waals surface area contributed by atoms with E-state index in [2.05, 4.69) is 11.4 Å². The highest BCUT2D eigenvalue weighted by atomic mass is 35.5. The number of carbonyl (C=O) groups is 1. The molecule has 1 amide bonds. The molecule has 0 saturated heterocycles. The van der Waals surface area contributed by atoms with E-state index >= 15 is 0 Å². The summed E-state index contributed by atoms with van der Waals surface area (Å²) in [6, 6.07) is 27.5. The third kappa shape index (κ3) is 5.48. The summed E-state index contributed by atoms with van der Waals surface area (Å²) in [5.41, 5.74) is 6.64. The maximum Gasteiger partial charge on any atom is 0.234 e. The van der Waals surface area contributed by atoms with E-state index in [9.17, 15) is 10.1 Å². The molecule has 0 bridgehead atoms. The van der Waals surface area contributed by atoms with Crippen LogP contribution in [0.5, 0.6) is 0 Å². The number of aryl methyl sites for hydroxylation is 2. The molecule has 3 aromatic carbocycles. The molecule has 0 unspecified atom stereocenters. The Bertz CT molecular complexity index is 1380. The predicted octanol–water partition coefficient (Wildman–Crippen LogP) is 7.29. The number of halogens is 1. The zero-order valence-corrected chi connectivity index (χ0v) is 20.4. The van der Waals surface area contributed by atoms with E-state index in [0.29, 0.717) is 21.3 Å². The van der Waals surface area contributed by atoms with Crippen molar-refractivity contribution in [2.45, 2.75) is 18.9 Å². The smallest absolute Gasteiger partial charge is 0.234 e. The number of pyridine rings is 1. The van der Waals surface area contributed by atoms with Crippen molar-refractivity contribution in [3.05, 3.63) is 101 Å². The minimum atomic E-state index is -0.192. The average molecular weight is 484 g/mol. The topological polar surface area (TPSA) is 65.8 Å². The standard InChI is InChI=1S/C28H22ClN3OS/c1-18-8-11-21(12-9-18)26-15-23(20-6-4-3-5-7-20)24(16-30)28(32-26)34-17-27(33)31-25-14-22(29)13-10-19(25)2/h3-15H,17H2,1-2H3,(H,31,33). The van der Waals surface area contributed by atoms with Crippen LogP contribution in [0.25, 0.3) is 22.4 Å². The summed E-state index contributed by atoms with van der Waals surface area (Å²) in [7, 11) is 0. The third-order valence-electron chi connectivity index (χ3n) is 5.34.